The van der Waals surface area contributed by atoms with Crippen molar-refractivity contribution in [3.63, 3.8) is 0 Å². The second-order valence-electron chi connectivity index (χ2n) is 7.92. The number of anilines is 1. The van der Waals surface area contributed by atoms with Crippen LogP contribution in [0.2, 0.25) is 0 Å². The number of hydrogen-bond donors (Lipinski definition) is 2. The van der Waals surface area contributed by atoms with E-state index in [0.29, 0.717) is 13.0 Å². The molecule has 1 amide bonds. The Morgan fingerprint density at radius 3 is 2.61 bits per heavy atom. The Morgan fingerprint density at radius 1 is 1.32 bits per heavy atom. The minimum atomic E-state index is -0.870. The first-order valence-corrected chi connectivity index (χ1v) is 9.43. The summed E-state index contributed by atoms with van der Waals surface area (Å²) in [4.78, 5) is 15.2. The predicted molar refractivity (Wildman–Crippen MR) is 117 cm³/mol. The van der Waals surface area contributed by atoms with E-state index in [-0.39, 0.29) is 48.3 Å². The number of nitrogens with one attached hydrogen (secondary N) is 1. The summed E-state index contributed by atoms with van der Waals surface area (Å²) in [5.74, 6) is 0.791. The number of carbonyl (C=O) groups excluding carboxylic acids is 1. The van der Waals surface area contributed by atoms with Crippen molar-refractivity contribution in [2.24, 2.45) is 11.1 Å². The van der Waals surface area contributed by atoms with Crippen LogP contribution in [-0.2, 0) is 9.53 Å². The van der Waals surface area contributed by atoms with Crippen LogP contribution in [0.1, 0.15) is 33.6 Å². The summed E-state index contributed by atoms with van der Waals surface area (Å²) in [5, 5.41) is 3.17. The van der Waals surface area contributed by atoms with Gasteiger partial charge < -0.3 is 25.4 Å². The van der Waals surface area contributed by atoms with E-state index in [1.54, 1.807) is 7.11 Å². The zero-order valence-corrected chi connectivity index (χ0v) is 18.7. The summed E-state index contributed by atoms with van der Waals surface area (Å²) in [6.45, 7) is 8.30. The first kappa shape index (κ1) is 24.8. The molecule has 8 heteroatoms. The summed E-state index contributed by atoms with van der Waals surface area (Å²) in [5.41, 5.74) is 6.32. The van der Waals surface area contributed by atoms with Crippen LogP contribution < -0.4 is 20.7 Å². The normalized spacial score (nSPS) is 27.8. The second-order valence-corrected chi connectivity index (χ2v) is 7.92. The van der Waals surface area contributed by atoms with Crippen molar-refractivity contribution in [2.75, 3.05) is 31.7 Å². The highest BCUT2D eigenvalue weighted by Crippen LogP contribution is 2.50. The van der Waals surface area contributed by atoms with Crippen molar-refractivity contribution in [1.29, 1.82) is 0 Å². The third-order valence-corrected chi connectivity index (χ3v) is 6.18. The van der Waals surface area contributed by atoms with Gasteiger partial charge >= 0.3 is 0 Å². The van der Waals surface area contributed by atoms with Gasteiger partial charge in [-0.05, 0) is 25.5 Å². The van der Waals surface area contributed by atoms with Crippen LogP contribution in [0.5, 0.6) is 5.75 Å². The molecule has 2 fully saturated rings. The maximum absolute atomic E-state index is 12.9. The van der Waals surface area contributed by atoms with Gasteiger partial charge in [0.15, 0.2) is 0 Å². The van der Waals surface area contributed by atoms with E-state index in [1.807, 2.05) is 39.0 Å². The SMILES string of the molecule is CCOC1CC(N)(C(=O)NC2CCN(c3ccccc3OC)C2)C1(C)C.Cl.Cl. The molecule has 0 radical (unpaired) electrons. The minimum Gasteiger partial charge on any atom is -0.495 e. The minimum absolute atomic E-state index is 0. The number of para-hydroxylation sites is 2. The molecule has 28 heavy (non-hydrogen) atoms. The molecule has 1 aliphatic carbocycles. The quantitative estimate of drug-likeness (QED) is 0.720. The molecule has 6 nitrogen and oxygen atoms in total. The van der Waals surface area contributed by atoms with Gasteiger partial charge in [0, 0.05) is 37.6 Å². The second kappa shape index (κ2) is 9.53. The van der Waals surface area contributed by atoms with E-state index >= 15 is 0 Å². The van der Waals surface area contributed by atoms with Gasteiger partial charge in [-0.15, -0.1) is 24.8 Å². The summed E-state index contributed by atoms with van der Waals surface area (Å²) < 4.78 is 11.2. The fourth-order valence-corrected chi connectivity index (χ4v) is 4.12. The van der Waals surface area contributed by atoms with Crippen LogP contribution in [0.25, 0.3) is 0 Å². The summed E-state index contributed by atoms with van der Waals surface area (Å²) >= 11 is 0. The van der Waals surface area contributed by atoms with Crippen molar-refractivity contribution >= 4 is 36.4 Å². The number of benzene rings is 1. The Bertz CT molecular complexity index is 674. The van der Waals surface area contributed by atoms with Gasteiger partial charge in [0.05, 0.1) is 18.9 Å². The number of amides is 1. The van der Waals surface area contributed by atoms with Crippen molar-refractivity contribution in [3.8, 4) is 5.75 Å². The van der Waals surface area contributed by atoms with E-state index < -0.39 is 5.54 Å². The molecule has 0 spiro atoms. The van der Waals surface area contributed by atoms with Gasteiger partial charge in [-0.1, -0.05) is 26.0 Å². The highest BCUT2D eigenvalue weighted by molar-refractivity contribution is 5.89. The number of carbonyl (C=O) groups is 1. The average molecular weight is 434 g/mol. The van der Waals surface area contributed by atoms with Gasteiger partial charge in [0.1, 0.15) is 11.3 Å². The molecule has 3 atom stereocenters. The molecule has 3 rings (SSSR count). The van der Waals surface area contributed by atoms with Crippen LogP contribution in [-0.4, -0.2) is 50.4 Å². The summed E-state index contributed by atoms with van der Waals surface area (Å²) in [7, 11) is 1.68. The number of nitrogens with zero attached hydrogens (tertiary/aromatic N) is 1. The molecule has 3 unspecified atom stereocenters. The Morgan fingerprint density at radius 2 is 2.00 bits per heavy atom. The Hall–Kier alpha value is -1.21. The zero-order valence-electron chi connectivity index (χ0n) is 17.1. The molecule has 0 bridgehead atoms. The summed E-state index contributed by atoms with van der Waals surface area (Å²) in [6.07, 6.45) is 1.51. The van der Waals surface area contributed by atoms with E-state index in [4.69, 9.17) is 15.2 Å². The number of ether oxygens (including phenoxy) is 2. The molecule has 1 heterocycles. The fourth-order valence-electron chi connectivity index (χ4n) is 4.12. The maximum atomic E-state index is 12.9. The van der Waals surface area contributed by atoms with E-state index in [9.17, 15) is 4.79 Å². The number of nitrogens with two attached hydrogens (primary N) is 1. The third-order valence-electron chi connectivity index (χ3n) is 6.18. The van der Waals surface area contributed by atoms with Crippen molar-refractivity contribution in [2.45, 2.75) is 51.3 Å². The largest absolute Gasteiger partial charge is 0.495 e. The Kier molecular flexibility index (Phi) is 8.45. The van der Waals surface area contributed by atoms with Crippen molar-refractivity contribution in [1.82, 2.24) is 5.32 Å². The van der Waals surface area contributed by atoms with Gasteiger partial charge in [0.25, 0.3) is 0 Å². The van der Waals surface area contributed by atoms with E-state index in [0.717, 1.165) is 30.9 Å². The van der Waals surface area contributed by atoms with Gasteiger partial charge in [-0.25, -0.2) is 0 Å². The molecule has 1 aromatic rings. The van der Waals surface area contributed by atoms with Crippen LogP contribution in [0.4, 0.5) is 5.69 Å². The number of methoxy groups -OCH3 is 1. The van der Waals surface area contributed by atoms with Crippen LogP contribution in [0.3, 0.4) is 0 Å². The van der Waals surface area contributed by atoms with Gasteiger partial charge in [-0.3, -0.25) is 4.79 Å². The molecule has 1 saturated heterocycles. The Balaban J connectivity index is 0.00000196. The highest BCUT2D eigenvalue weighted by Gasteiger charge is 2.63. The average Bonchev–Trinajstić information content (AvgIpc) is 3.09. The van der Waals surface area contributed by atoms with Crippen molar-refractivity contribution in [3.05, 3.63) is 24.3 Å². The lowest BCUT2D eigenvalue weighted by Crippen LogP contribution is -2.76. The topological polar surface area (TPSA) is 76.8 Å². The molecule has 3 N–H and O–H groups in total. The highest BCUT2D eigenvalue weighted by atomic mass is 35.5. The van der Waals surface area contributed by atoms with Crippen molar-refractivity contribution < 1.29 is 14.3 Å². The number of hydrogen-bond acceptors (Lipinski definition) is 5. The maximum Gasteiger partial charge on any atom is 0.241 e. The molecule has 160 valence electrons. The molecular weight excluding hydrogens is 401 g/mol. The monoisotopic (exact) mass is 433 g/mol. The molecule has 1 saturated carbocycles. The lowest BCUT2D eigenvalue weighted by atomic mass is 9.54. The fraction of sp³-hybridized carbons (Fsp3) is 0.650. The summed E-state index contributed by atoms with van der Waals surface area (Å²) in [6, 6.07) is 8.07. The lowest BCUT2D eigenvalue weighted by Gasteiger charge is -2.57. The first-order chi connectivity index (χ1) is 12.3. The Labute approximate surface area is 180 Å². The van der Waals surface area contributed by atoms with Crippen LogP contribution in [0, 0.1) is 5.41 Å². The lowest BCUT2D eigenvalue weighted by molar-refractivity contribution is -0.171. The molecular formula is C20H33Cl2N3O3. The van der Waals surface area contributed by atoms with Gasteiger partial charge in [-0.2, -0.15) is 0 Å². The van der Waals surface area contributed by atoms with Gasteiger partial charge in [0.2, 0.25) is 5.91 Å². The predicted octanol–water partition coefficient (Wildman–Crippen LogP) is 2.77. The smallest absolute Gasteiger partial charge is 0.241 e. The molecule has 0 aromatic heterocycles. The molecule has 1 aliphatic heterocycles. The first-order valence-electron chi connectivity index (χ1n) is 9.43. The molecule has 2 aliphatic rings. The number of halogens is 2. The van der Waals surface area contributed by atoms with Crippen LogP contribution in [0.15, 0.2) is 24.3 Å². The zero-order chi connectivity index (χ0) is 18.9. The van der Waals surface area contributed by atoms with Crippen LogP contribution >= 0.6 is 24.8 Å². The van der Waals surface area contributed by atoms with E-state index in [1.165, 1.54) is 0 Å². The molecule has 1 aromatic carbocycles. The standard InChI is InChI=1S/C20H31N3O3.2ClH/c1-5-26-17-12-20(21,19(17,2)3)18(24)22-14-10-11-23(13-14)15-8-6-7-9-16(15)25-4;;/h6-9,14,17H,5,10-13,21H2,1-4H3,(H,22,24);2*1H. The number of rotatable bonds is 6. The third kappa shape index (κ3) is 4.20. The van der Waals surface area contributed by atoms with E-state index in [2.05, 4.69) is 16.3 Å².